The first-order valence-corrected chi connectivity index (χ1v) is 7.41. The highest BCUT2D eigenvalue weighted by atomic mass is 32.1. The number of benzene rings is 2. The maximum absolute atomic E-state index is 10.8. The predicted molar refractivity (Wildman–Crippen MR) is 85.9 cm³/mol. The summed E-state index contributed by atoms with van der Waals surface area (Å²) in [6.07, 6.45) is 0. The van der Waals surface area contributed by atoms with Gasteiger partial charge in [-0.05, 0) is 11.6 Å². The lowest BCUT2D eigenvalue weighted by molar-refractivity contribution is -0.384. The molecule has 3 rings (SSSR count). The molecule has 3 aromatic rings. The fourth-order valence-electron chi connectivity index (χ4n) is 1.95. The smallest absolute Gasteiger partial charge is 0.267 e. The third kappa shape index (κ3) is 3.05. The van der Waals surface area contributed by atoms with E-state index in [1.54, 1.807) is 18.2 Å². The van der Waals surface area contributed by atoms with Crippen LogP contribution >= 0.6 is 11.3 Å². The maximum Gasteiger partial charge on any atom is 0.270 e. The Labute approximate surface area is 130 Å². The first-order chi connectivity index (χ1) is 10.6. The van der Waals surface area contributed by atoms with Crippen LogP contribution in [0.3, 0.4) is 0 Å². The number of thiazole rings is 1. The van der Waals surface area contributed by atoms with Gasteiger partial charge in [-0.3, -0.25) is 15.0 Å². The van der Waals surface area contributed by atoms with E-state index in [-0.39, 0.29) is 5.69 Å². The molecule has 112 valence electrons. The summed E-state index contributed by atoms with van der Waals surface area (Å²) in [5.74, 6) is 0. The molecule has 0 radical (unpaired) electrons. The highest BCUT2D eigenvalue weighted by Gasteiger charge is 2.13. The molecule has 2 aromatic carbocycles. The Morgan fingerprint density at radius 2 is 2.05 bits per heavy atom. The number of rotatable bonds is 5. The van der Waals surface area contributed by atoms with Crippen LogP contribution in [0.1, 0.15) is 5.56 Å². The van der Waals surface area contributed by atoms with E-state index in [4.69, 9.17) is 4.84 Å². The molecule has 0 N–H and O–H groups in total. The van der Waals surface area contributed by atoms with E-state index in [9.17, 15) is 10.1 Å². The quantitative estimate of drug-likeness (QED) is 0.529. The molecule has 0 amide bonds. The van der Waals surface area contributed by atoms with Gasteiger partial charge in [0.05, 0.1) is 21.7 Å². The van der Waals surface area contributed by atoms with Crippen LogP contribution in [0.15, 0.2) is 48.5 Å². The third-order valence-electron chi connectivity index (χ3n) is 3.11. The van der Waals surface area contributed by atoms with Crippen molar-refractivity contribution in [1.29, 1.82) is 0 Å². The summed E-state index contributed by atoms with van der Waals surface area (Å²) in [6.45, 7) is 0.438. The monoisotopic (exact) mass is 315 g/mol. The fraction of sp³-hybridized carbons (Fsp3) is 0.133. The number of aromatic nitrogens is 1. The Kier molecular flexibility index (Phi) is 3.99. The van der Waals surface area contributed by atoms with E-state index >= 15 is 0 Å². The summed E-state index contributed by atoms with van der Waals surface area (Å²) in [7, 11) is 1.77. The molecule has 0 spiro atoms. The second kappa shape index (κ2) is 6.08. The van der Waals surface area contributed by atoms with Crippen molar-refractivity contribution in [3.63, 3.8) is 0 Å². The number of hydrogen-bond acceptors (Lipinski definition) is 6. The highest BCUT2D eigenvalue weighted by molar-refractivity contribution is 7.22. The molecule has 22 heavy (non-hydrogen) atoms. The molecule has 7 heteroatoms. The van der Waals surface area contributed by atoms with Crippen LogP contribution in [0.25, 0.3) is 10.2 Å². The van der Waals surface area contributed by atoms with E-state index in [1.165, 1.54) is 23.5 Å². The van der Waals surface area contributed by atoms with Crippen molar-refractivity contribution in [2.24, 2.45) is 0 Å². The van der Waals surface area contributed by atoms with Crippen LogP contribution in [0, 0.1) is 10.1 Å². The Balaban J connectivity index is 1.76. The predicted octanol–water partition coefficient (Wildman–Crippen LogP) is 3.77. The second-order valence-corrected chi connectivity index (χ2v) is 5.67. The van der Waals surface area contributed by atoms with Crippen LogP contribution in [-0.2, 0) is 11.4 Å². The van der Waals surface area contributed by atoms with E-state index in [1.807, 2.05) is 30.3 Å². The zero-order valence-electron chi connectivity index (χ0n) is 11.8. The van der Waals surface area contributed by atoms with Crippen molar-refractivity contribution in [3.05, 3.63) is 64.2 Å². The normalized spacial score (nSPS) is 10.8. The largest absolute Gasteiger partial charge is 0.270 e. The maximum atomic E-state index is 10.8. The standard InChI is InChI=1S/C15H13N3O3S/c1-17(21-10-11-5-3-2-4-6-11)15-16-13-8-7-12(18(19)20)9-14(13)22-15/h2-9H,10H2,1H3. The molecule has 0 atom stereocenters. The average Bonchev–Trinajstić information content (AvgIpc) is 2.96. The van der Waals surface area contributed by atoms with Gasteiger partial charge in [0.15, 0.2) is 0 Å². The van der Waals surface area contributed by atoms with Crippen molar-refractivity contribution in [1.82, 2.24) is 4.98 Å². The van der Waals surface area contributed by atoms with Crippen LogP contribution in [0.5, 0.6) is 0 Å². The minimum absolute atomic E-state index is 0.0653. The Bertz CT molecular complexity index is 804. The summed E-state index contributed by atoms with van der Waals surface area (Å²) in [4.78, 5) is 20.5. The zero-order valence-corrected chi connectivity index (χ0v) is 12.6. The van der Waals surface area contributed by atoms with E-state index in [2.05, 4.69) is 4.98 Å². The summed E-state index contributed by atoms with van der Waals surface area (Å²) < 4.78 is 0.763. The summed E-state index contributed by atoms with van der Waals surface area (Å²) in [6, 6.07) is 14.5. The van der Waals surface area contributed by atoms with E-state index < -0.39 is 4.92 Å². The molecule has 0 saturated carbocycles. The van der Waals surface area contributed by atoms with E-state index in [0.29, 0.717) is 11.7 Å². The molecule has 0 bridgehead atoms. The average molecular weight is 315 g/mol. The molecule has 0 aliphatic rings. The van der Waals surface area contributed by atoms with Gasteiger partial charge in [0.1, 0.15) is 0 Å². The number of hydroxylamine groups is 1. The van der Waals surface area contributed by atoms with Crippen LogP contribution in [0.4, 0.5) is 10.8 Å². The topological polar surface area (TPSA) is 68.5 Å². The minimum Gasteiger partial charge on any atom is -0.267 e. The van der Waals surface area contributed by atoms with E-state index in [0.717, 1.165) is 15.8 Å². The SMILES string of the molecule is CN(OCc1ccccc1)c1nc2ccc([N+](=O)[O-])cc2s1. The van der Waals surface area contributed by atoms with Gasteiger partial charge in [0.25, 0.3) is 5.69 Å². The molecule has 0 aliphatic heterocycles. The van der Waals surface area contributed by atoms with Gasteiger partial charge in [-0.1, -0.05) is 41.7 Å². The number of anilines is 1. The first-order valence-electron chi connectivity index (χ1n) is 6.59. The zero-order chi connectivity index (χ0) is 15.5. The van der Waals surface area contributed by atoms with Gasteiger partial charge in [-0.2, -0.15) is 0 Å². The lowest BCUT2D eigenvalue weighted by Gasteiger charge is -2.15. The number of fused-ring (bicyclic) bond motifs is 1. The number of non-ortho nitro benzene ring substituents is 1. The number of nitrogens with zero attached hydrogens (tertiary/aromatic N) is 3. The van der Waals surface area contributed by atoms with Crippen LogP contribution in [0.2, 0.25) is 0 Å². The lowest BCUT2D eigenvalue weighted by Crippen LogP contribution is -2.17. The van der Waals surface area contributed by atoms with Gasteiger partial charge in [0, 0.05) is 19.2 Å². The summed E-state index contributed by atoms with van der Waals surface area (Å²) in [5.41, 5.74) is 1.85. The molecule has 1 aromatic heterocycles. The number of nitro groups is 1. The van der Waals surface area contributed by atoms with Crippen molar-refractivity contribution >= 4 is 32.4 Å². The van der Waals surface area contributed by atoms with Crippen LogP contribution < -0.4 is 5.06 Å². The molecule has 6 nitrogen and oxygen atoms in total. The van der Waals surface area contributed by atoms with Gasteiger partial charge < -0.3 is 0 Å². The lowest BCUT2D eigenvalue weighted by atomic mass is 10.2. The molecule has 1 heterocycles. The molecule has 0 saturated heterocycles. The van der Waals surface area contributed by atoms with Crippen LogP contribution in [-0.4, -0.2) is 17.0 Å². The molecule has 0 aliphatic carbocycles. The Morgan fingerprint density at radius 3 is 2.77 bits per heavy atom. The van der Waals surface area contributed by atoms with Gasteiger partial charge in [0.2, 0.25) is 5.13 Å². The van der Waals surface area contributed by atoms with Crippen molar-refractivity contribution < 1.29 is 9.76 Å². The van der Waals surface area contributed by atoms with Crippen molar-refractivity contribution in [3.8, 4) is 0 Å². The Morgan fingerprint density at radius 1 is 1.27 bits per heavy atom. The molecule has 0 unspecified atom stereocenters. The number of hydrogen-bond donors (Lipinski definition) is 0. The highest BCUT2D eigenvalue weighted by Crippen LogP contribution is 2.31. The first kappa shape index (κ1) is 14.4. The van der Waals surface area contributed by atoms with Crippen molar-refractivity contribution in [2.45, 2.75) is 6.61 Å². The summed E-state index contributed by atoms with van der Waals surface area (Å²) >= 11 is 1.36. The minimum atomic E-state index is -0.408. The van der Waals surface area contributed by atoms with Gasteiger partial charge in [-0.15, -0.1) is 0 Å². The van der Waals surface area contributed by atoms with Crippen molar-refractivity contribution in [2.75, 3.05) is 12.1 Å². The summed E-state index contributed by atoms with van der Waals surface area (Å²) in [5, 5.41) is 13.0. The molecule has 0 fully saturated rings. The van der Waals surface area contributed by atoms with Gasteiger partial charge >= 0.3 is 0 Å². The molecular formula is C15H13N3O3S. The Hall–Kier alpha value is -2.51. The molecular weight excluding hydrogens is 302 g/mol. The third-order valence-corrected chi connectivity index (χ3v) is 4.19. The number of nitro benzene ring substituents is 1. The van der Waals surface area contributed by atoms with Gasteiger partial charge in [-0.25, -0.2) is 10.0 Å². The second-order valence-electron chi connectivity index (χ2n) is 4.66. The fourth-order valence-corrected chi connectivity index (χ4v) is 2.87.